The van der Waals surface area contributed by atoms with Gasteiger partial charge in [0.2, 0.25) is 0 Å². The number of hydrogen-bond donors (Lipinski definition) is 1. The number of hydrogen-bond acceptors (Lipinski definition) is 5. The molecule has 1 aromatic heterocycles. The van der Waals surface area contributed by atoms with E-state index in [0.29, 0.717) is 44.4 Å². The Morgan fingerprint density at radius 3 is 2.68 bits per heavy atom. The molecule has 1 fully saturated rings. The third-order valence-corrected chi connectivity index (χ3v) is 4.67. The monoisotopic (exact) mass is 349 g/mol. The van der Waals surface area contributed by atoms with E-state index in [0.717, 1.165) is 38.0 Å². The lowest BCUT2D eigenvalue weighted by molar-refractivity contribution is 0.0291. The number of nitrogens with zero attached hydrogens (tertiary/aromatic N) is 4. The summed E-state index contributed by atoms with van der Waals surface area (Å²) < 4.78 is 7.26. The Bertz CT molecular complexity index is 634. The van der Waals surface area contributed by atoms with Gasteiger partial charge in [0, 0.05) is 32.7 Å². The Kier molecular flexibility index (Phi) is 5.70. The van der Waals surface area contributed by atoms with Crippen LogP contribution < -0.4 is 5.32 Å². The van der Waals surface area contributed by atoms with Crippen LogP contribution in [0.25, 0.3) is 0 Å². The van der Waals surface area contributed by atoms with Gasteiger partial charge in [0.05, 0.1) is 18.9 Å². The number of fused-ring (bicyclic) bond motifs is 1. The topological polar surface area (TPSA) is 79.7 Å². The van der Waals surface area contributed by atoms with E-state index in [1.54, 1.807) is 4.90 Å². The molecule has 0 unspecified atom stereocenters. The van der Waals surface area contributed by atoms with Gasteiger partial charge in [0.15, 0.2) is 5.82 Å². The summed E-state index contributed by atoms with van der Waals surface area (Å²) >= 11 is 0. The predicted molar refractivity (Wildman–Crippen MR) is 92.8 cm³/mol. The third kappa shape index (κ3) is 4.01. The van der Waals surface area contributed by atoms with Gasteiger partial charge in [-0.05, 0) is 33.4 Å². The smallest absolute Gasteiger partial charge is 0.290 e. The number of ether oxygens (including phenoxy) is 1. The molecule has 0 aromatic carbocycles. The summed E-state index contributed by atoms with van der Waals surface area (Å²) in [7, 11) is 3.92. The molecule has 2 aliphatic heterocycles. The number of aromatic nitrogens is 2. The molecule has 0 aliphatic carbocycles. The lowest BCUT2D eigenvalue weighted by atomic mass is 10.1. The van der Waals surface area contributed by atoms with Crippen molar-refractivity contribution in [3.05, 3.63) is 17.2 Å². The minimum atomic E-state index is -0.187. The highest BCUT2D eigenvalue weighted by atomic mass is 16.5. The Balaban J connectivity index is 1.80. The summed E-state index contributed by atoms with van der Waals surface area (Å²) in [5, 5.41) is 2.91. The van der Waals surface area contributed by atoms with Gasteiger partial charge in [-0.3, -0.25) is 9.59 Å². The Labute approximate surface area is 148 Å². The maximum atomic E-state index is 12.9. The normalized spacial score (nSPS) is 17.5. The lowest BCUT2D eigenvalue weighted by Crippen LogP contribution is -2.42. The molecular weight excluding hydrogens is 322 g/mol. The molecule has 0 saturated carbocycles. The van der Waals surface area contributed by atoms with Crippen LogP contribution in [-0.4, -0.2) is 84.7 Å². The summed E-state index contributed by atoms with van der Waals surface area (Å²) in [6.07, 6.45) is 2.82. The molecule has 1 aromatic rings. The standard InChI is InChI=1S/C17H27N5O3/c1-20(2)8-6-18-16(23)14-13-5-3-4-7-22(13)15(19-14)17(24)21-9-11-25-12-10-21/h3-12H2,1-2H3,(H,18,23). The van der Waals surface area contributed by atoms with Gasteiger partial charge in [0.1, 0.15) is 5.69 Å². The van der Waals surface area contributed by atoms with Crippen LogP contribution in [0.2, 0.25) is 0 Å². The maximum Gasteiger partial charge on any atom is 0.290 e. The van der Waals surface area contributed by atoms with Crippen molar-refractivity contribution >= 4 is 11.8 Å². The van der Waals surface area contributed by atoms with Crippen LogP contribution >= 0.6 is 0 Å². The average molecular weight is 349 g/mol. The zero-order valence-electron chi connectivity index (χ0n) is 15.1. The number of carbonyl (C=O) groups excluding carboxylic acids is 2. The van der Waals surface area contributed by atoms with Crippen molar-refractivity contribution in [1.29, 1.82) is 0 Å². The number of imidazole rings is 1. The second-order valence-electron chi connectivity index (χ2n) is 6.80. The molecule has 2 amide bonds. The van der Waals surface area contributed by atoms with Crippen LogP contribution in [0.4, 0.5) is 0 Å². The summed E-state index contributed by atoms with van der Waals surface area (Å²) in [6.45, 7) is 4.33. The molecule has 138 valence electrons. The molecule has 8 heteroatoms. The van der Waals surface area contributed by atoms with Gasteiger partial charge in [-0.2, -0.15) is 0 Å². The largest absolute Gasteiger partial charge is 0.378 e. The van der Waals surface area contributed by atoms with Crippen LogP contribution in [0, 0.1) is 0 Å². The number of nitrogens with one attached hydrogen (secondary N) is 1. The fourth-order valence-electron chi connectivity index (χ4n) is 3.27. The van der Waals surface area contributed by atoms with Crippen molar-refractivity contribution in [3.63, 3.8) is 0 Å². The first-order valence-electron chi connectivity index (χ1n) is 8.97. The number of carbonyl (C=O) groups is 2. The van der Waals surface area contributed by atoms with Crippen LogP contribution in [-0.2, 0) is 17.7 Å². The van der Waals surface area contributed by atoms with Gasteiger partial charge in [-0.25, -0.2) is 4.98 Å². The molecule has 0 radical (unpaired) electrons. The summed E-state index contributed by atoms with van der Waals surface area (Å²) in [6, 6.07) is 0. The molecule has 0 atom stereocenters. The second-order valence-corrected chi connectivity index (χ2v) is 6.80. The Morgan fingerprint density at radius 2 is 1.96 bits per heavy atom. The highest BCUT2D eigenvalue weighted by molar-refractivity contribution is 5.97. The zero-order chi connectivity index (χ0) is 17.8. The van der Waals surface area contributed by atoms with E-state index in [1.165, 1.54) is 0 Å². The van der Waals surface area contributed by atoms with Gasteiger partial charge >= 0.3 is 0 Å². The molecule has 3 rings (SSSR count). The van der Waals surface area contributed by atoms with Gasteiger partial charge in [-0.15, -0.1) is 0 Å². The van der Waals surface area contributed by atoms with Gasteiger partial charge in [-0.1, -0.05) is 0 Å². The van der Waals surface area contributed by atoms with E-state index in [4.69, 9.17) is 4.74 Å². The van der Waals surface area contributed by atoms with E-state index in [1.807, 2.05) is 23.6 Å². The second kappa shape index (κ2) is 7.97. The molecule has 2 aliphatic rings. The first kappa shape index (κ1) is 17.9. The average Bonchev–Trinajstić information content (AvgIpc) is 3.01. The van der Waals surface area contributed by atoms with E-state index in [2.05, 4.69) is 10.3 Å². The molecule has 1 saturated heterocycles. The van der Waals surface area contributed by atoms with E-state index >= 15 is 0 Å². The van der Waals surface area contributed by atoms with E-state index in [9.17, 15) is 9.59 Å². The zero-order valence-corrected chi connectivity index (χ0v) is 15.1. The van der Waals surface area contributed by atoms with Crippen LogP contribution in [0.15, 0.2) is 0 Å². The van der Waals surface area contributed by atoms with Crippen molar-refractivity contribution in [2.24, 2.45) is 0 Å². The van der Waals surface area contributed by atoms with E-state index < -0.39 is 0 Å². The van der Waals surface area contributed by atoms with E-state index in [-0.39, 0.29) is 11.8 Å². The van der Waals surface area contributed by atoms with Crippen molar-refractivity contribution < 1.29 is 14.3 Å². The van der Waals surface area contributed by atoms with Crippen molar-refractivity contribution in [2.45, 2.75) is 25.8 Å². The van der Waals surface area contributed by atoms with Crippen molar-refractivity contribution in [3.8, 4) is 0 Å². The molecule has 0 bridgehead atoms. The first-order chi connectivity index (χ1) is 12.1. The number of morpholine rings is 1. The molecular formula is C17H27N5O3. The third-order valence-electron chi connectivity index (χ3n) is 4.67. The summed E-state index contributed by atoms with van der Waals surface area (Å²) in [5.74, 6) is 0.113. The van der Waals surface area contributed by atoms with Crippen LogP contribution in [0.5, 0.6) is 0 Å². The minimum Gasteiger partial charge on any atom is -0.378 e. The van der Waals surface area contributed by atoms with Gasteiger partial charge < -0.3 is 24.4 Å². The maximum absolute atomic E-state index is 12.9. The fourth-order valence-corrected chi connectivity index (χ4v) is 3.27. The number of likely N-dealkylation sites (N-methyl/N-ethyl adjacent to an activating group) is 1. The first-order valence-corrected chi connectivity index (χ1v) is 8.97. The number of amides is 2. The Morgan fingerprint density at radius 1 is 1.20 bits per heavy atom. The summed E-state index contributed by atoms with van der Waals surface area (Å²) in [4.78, 5) is 33.7. The Hall–Kier alpha value is -1.93. The molecule has 1 N–H and O–H groups in total. The minimum absolute atomic E-state index is 0.0983. The fraction of sp³-hybridized carbons (Fsp3) is 0.706. The molecule has 8 nitrogen and oxygen atoms in total. The van der Waals surface area contributed by atoms with Crippen molar-refractivity contribution in [2.75, 3.05) is 53.5 Å². The predicted octanol–water partition coefficient (Wildman–Crippen LogP) is -0.0168. The SMILES string of the molecule is CN(C)CCNC(=O)c1nc(C(=O)N2CCOCC2)n2c1CCCC2. The van der Waals surface area contributed by atoms with Crippen LogP contribution in [0.1, 0.15) is 39.6 Å². The number of rotatable bonds is 5. The molecule has 0 spiro atoms. The molecule has 3 heterocycles. The molecule has 25 heavy (non-hydrogen) atoms. The quantitative estimate of drug-likeness (QED) is 0.808. The summed E-state index contributed by atoms with van der Waals surface area (Å²) in [5.41, 5.74) is 1.31. The van der Waals surface area contributed by atoms with Crippen molar-refractivity contribution in [1.82, 2.24) is 24.7 Å². The highest BCUT2D eigenvalue weighted by Gasteiger charge is 2.30. The van der Waals surface area contributed by atoms with Crippen LogP contribution in [0.3, 0.4) is 0 Å². The lowest BCUT2D eigenvalue weighted by Gasteiger charge is -2.27. The highest BCUT2D eigenvalue weighted by Crippen LogP contribution is 2.22. The van der Waals surface area contributed by atoms with Gasteiger partial charge in [0.25, 0.3) is 11.8 Å².